The maximum Gasteiger partial charge on any atom is 0.333 e. The minimum atomic E-state index is -1.78. The van der Waals surface area contributed by atoms with Crippen molar-refractivity contribution in [1.82, 2.24) is 0 Å². The molecular formula is C26H23ClO7S. The van der Waals surface area contributed by atoms with Crippen molar-refractivity contribution in [2.24, 2.45) is 5.92 Å². The Morgan fingerprint density at radius 2 is 1.91 bits per heavy atom. The Kier molecular flexibility index (Phi) is 5.76. The molecule has 3 aliphatic rings. The van der Waals surface area contributed by atoms with Gasteiger partial charge in [-0.1, -0.05) is 30.2 Å². The lowest BCUT2D eigenvalue weighted by Crippen LogP contribution is -2.57. The van der Waals surface area contributed by atoms with Crippen molar-refractivity contribution in [2.45, 2.75) is 31.3 Å². The summed E-state index contributed by atoms with van der Waals surface area (Å²) in [5.41, 5.74) is 1.01. The van der Waals surface area contributed by atoms with E-state index < -0.39 is 35.0 Å². The molecule has 0 unspecified atom stereocenters. The first kappa shape index (κ1) is 23.6. The SMILES string of the molecule is COC(=O)C1=C[C@H](c2ccsc2)C2=C(C1)C[C@@H](C)[C@]1(Oc3c(Cl)c(OC)cc(OC)c3C1=O)C2=O. The van der Waals surface area contributed by atoms with Crippen LogP contribution >= 0.6 is 22.9 Å². The second-order valence-corrected chi connectivity index (χ2v) is 9.97. The maximum atomic E-state index is 14.3. The Morgan fingerprint density at radius 3 is 2.54 bits per heavy atom. The predicted octanol–water partition coefficient (Wildman–Crippen LogP) is 4.93. The Balaban J connectivity index is 1.66. The van der Waals surface area contributed by atoms with Crippen molar-refractivity contribution in [1.29, 1.82) is 0 Å². The van der Waals surface area contributed by atoms with Crippen LogP contribution in [0.2, 0.25) is 5.02 Å². The van der Waals surface area contributed by atoms with E-state index in [2.05, 4.69) is 0 Å². The first-order valence-corrected chi connectivity index (χ1v) is 12.4. The third kappa shape index (κ3) is 3.27. The van der Waals surface area contributed by atoms with Crippen LogP contribution in [0.1, 0.15) is 41.6 Å². The van der Waals surface area contributed by atoms with Crippen LogP contribution in [0.3, 0.4) is 0 Å². The molecule has 1 aromatic carbocycles. The zero-order chi connectivity index (χ0) is 25.1. The molecular weight excluding hydrogens is 492 g/mol. The highest BCUT2D eigenvalue weighted by atomic mass is 35.5. The number of fused-ring (bicyclic) bond motifs is 1. The fraction of sp³-hybridized carbons (Fsp3) is 0.346. The van der Waals surface area contributed by atoms with Gasteiger partial charge in [-0.3, -0.25) is 9.59 Å². The van der Waals surface area contributed by atoms with Gasteiger partial charge in [0.1, 0.15) is 22.1 Å². The number of halogens is 1. The Labute approximate surface area is 211 Å². The summed E-state index contributed by atoms with van der Waals surface area (Å²) in [6.07, 6.45) is 2.44. The number of hydrogen-bond acceptors (Lipinski definition) is 8. The number of allylic oxidation sites excluding steroid dienone is 2. The molecule has 0 radical (unpaired) electrons. The number of ketones is 2. The summed E-state index contributed by atoms with van der Waals surface area (Å²) in [5, 5.41) is 3.95. The molecule has 35 heavy (non-hydrogen) atoms. The van der Waals surface area contributed by atoms with Crippen molar-refractivity contribution in [2.75, 3.05) is 21.3 Å². The number of benzene rings is 1. The molecule has 1 aromatic heterocycles. The van der Waals surface area contributed by atoms with Crippen LogP contribution in [0.15, 0.2) is 45.7 Å². The summed E-state index contributed by atoms with van der Waals surface area (Å²) in [6, 6.07) is 3.43. The number of hydrogen-bond donors (Lipinski definition) is 0. The van der Waals surface area contributed by atoms with Crippen molar-refractivity contribution in [3.8, 4) is 17.2 Å². The zero-order valence-corrected chi connectivity index (χ0v) is 21.2. The highest BCUT2D eigenvalue weighted by Crippen LogP contribution is 2.56. The largest absolute Gasteiger partial charge is 0.496 e. The van der Waals surface area contributed by atoms with Gasteiger partial charge < -0.3 is 18.9 Å². The number of rotatable bonds is 4. The summed E-state index contributed by atoms with van der Waals surface area (Å²) in [5.74, 6) is -1.74. The second kappa shape index (κ2) is 8.53. The third-order valence-corrected chi connectivity index (χ3v) is 8.12. The van der Waals surface area contributed by atoms with Gasteiger partial charge >= 0.3 is 5.97 Å². The highest BCUT2D eigenvalue weighted by molar-refractivity contribution is 7.08. The minimum absolute atomic E-state index is 0.0887. The topological polar surface area (TPSA) is 88.1 Å². The van der Waals surface area contributed by atoms with Crippen LogP contribution in [0.25, 0.3) is 0 Å². The quantitative estimate of drug-likeness (QED) is 0.422. The van der Waals surface area contributed by atoms with Crippen LogP contribution in [-0.4, -0.2) is 44.5 Å². The van der Waals surface area contributed by atoms with Gasteiger partial charge in [-0.05, 0) is 28.8 Å². The van der Waals surface area contributed by atoms with E-state index in [0.717, 1.165) is 11.1 Å². The molecule has 5 rings (SSSR count). The molecule has 7 nitrogen and oxygen atoms in total. The summed E-state index contributed by atoms with van der Waals surface area (Å²) >= 11 is 8.01. The maximum absolute atomic E-state index is 14.3. The lowest BCUT2D eigenvalue weighted by Gasteiger charge is -2.41. The third-order valence-electron chi connectivity index (χ3n) is 7.06. The molecule has 1 aliphatic heterocycles. The number of thiophene rings is 1. The van der Waals surface area contributed by atoms with E-state index in [-0.39, 0.29) is 34.3 Å². The number of carbonyl (C=O) groups is 3. The number of methoxy groups -OCH3 is 3. The van der Waals surface area contributed by atoms with Gasteiger partial charge in [0, 0.05) is 35.5 Å². The fourth-order valence-electron chi connectivity index (χ4n) is 5.37. The lowest BCUT2D eigenvalue weighted by atomic mass is 9.64. The Bertz CT molecular complexity index is 1320. The standard InChI is InChI=1S/C26H23ClO7S/c1-12-7-14-8-15(25(30)33-4)9-16(13-5-6-35-11-13)19(14)23(28)26(12)24(29)20-17(31-2)10-18(32-3)21(27)22(20)34-26/h5-6,9-12,16H,7-8H2,1-4H3/t12-,16-,26+/m1/s1. The Hall–Kier alpha value is -3.10. The van der Waals surface area contributed by atoms with Crippen LogP contribution in [0.5, 0.6) is 17.2 Å². The molecule has 3 atom stereocenters. The lowest BCUT2D eigenvalue weighted by molar-refractivity contribution is -0.136. The zero-order valence-electron chi connectivity index (χ0n) is 19.6. The van der Waals surface area contributed by atoms with Crippen molar-refractivity contribution < 1.29 is 33.3 Å². The van der Waals surface area contributed by atoms with Gasteiger partial charge in [0.2, 0.25) is 17.2 Å². The van der Waals surface area contributed by atoms with E-state index in [1.165, 1.54) is 38.7 Å². The number of esters is 1. The predicted molar refractivity (Wildman–Crippen MR) is 130 cm³/mol. The summed E-state index contributed by atoms with van der Waals surface area (Å²) in [6.45, 7) is 1.80. The van der Waals surface area contributed by atoms with E-state index in [1.54, 1.807) is 13.0 Å². The number of ether oxygens (including phenoxy) is 4. The summed E-state index contributed by atoms with van der Waals surface area (Å²) < 4.78 is 22.0. The van der Waals surface area contributed by atoms with E-state index in [0.29, 0.717) is 17.6 Å². The summed E-state index contributed by atoms with van der Waals surface area (Å²) in [4.78, 5) is 40.7. The van der Waals surface area contributed by atoms with Gasteiger partial charge in [-0.25, -0.2) is 4.79 Å². The average Bonchev–Trinajstić information content (AvgIpc) is 3.50. The molecule has 9 heteroatoms. The van der Waals surface area contributed by atoms with Gasteiger partial charge in [0.05, 0.1) is 21.3 Å². The van der Waals surface area contributed by atoms with Crippen LogP contribution < -0.4 is 14.2 Å². The molecule has 0 saturated heterocycles. The van der Waals surface area contributed by atoms with Gasteiger partial charge in [0.15, 0.2) is 5.75 Å². The second-order valence-electron chi connectivity index (χ2n) is 8.81. The van der Waals surface area contributed by atoms with Crippen LogP contribution in [-0.2, 0) is 14.3 Å². The first-order valence-electron chi connectivity index (χ1n) is 11.0. The van der Waals surface area contributed by atoms with E-state index in [9.17, 15) is 14.4 Å². The molecule has 2 aromatic rings. The molecule has 0 saturated carbocycles. The molecule has 0 fully saturated rings. The normalized spacial score (nSPS) is 25.1. The van der Waals surface area contributed by atoms with E-state index in [4.69, 9.17) is 30.5 Å². The molecule has 182 valence electrons. The molecule has 1 spiro atoms. The van der Waals surface area contributed by atoms with Crippen molar-refractivity contribution in [3.05, 3.63) is 61.8 Å². The molecule has 0 bridgehead atoms. The molecule has 2 heterocycles. The average molecular weight is 515 g/mol. The number of carbonyl (C=O) groups excluding carboxylic acids is 3. The molecule has 0 N–H and O–H groups in total. The highest BCUT2D eigenvalue weighted by Gasteiger charge is 2.63. The smallest absolute Gasteiger partial charge is 0.333 e. The van der Waals surface area contributed by atoms with Crippen LogP contribution in [0.4, 0.5) is 0 Å². The Morgan fingerprint density at radius 1 is 1.17 bits per heavy atom. The first-order chi connectivity index (χ1) is 16.8. The summed E-state index contributed by atoms with van der Waals surface area (Å²) in [7, 11) is 4.22. The van der Waals surface area contributed by atoms with Crippen LogP contribution in [0, 0.1) is 5.92 Å². The monoisotopic (exact) mass is 514 g/mol. The van der Waals surface area contributed by atoms with Gasteiger partial charge in [0.25, 0.3) is 0 Å². The van der Waals surface area contributed by atoms with E-state index >= 15 is 0 Å². The minimum Gasteiger partial charge on any atom is -0.496 e. The fourth-order valence-corrected chi connectivity index (χ4v) is 6.33. The number of Topliss-reactive ketones (excluding diaryl/α,β-unsaturated/α-hetero) is 2. The molecule has 0 amide bonds. The van der Waals surface area contributed by atoms with E-state index in [1.807, 2.05) is 16.8 Å². The van der Waals surface area contributed by atoms with Gasteiger partial charge in [-0.15, -0.1) is 0 Å². The molecule has 2 aliphatic carbocycles. The van der Waals surface area contributed by atoms with Crippen molar-refractivity contribution in [3.63, 3.8) is 0 Å². The van der Waals surface area contributed by atoms with Crippen molar-refractivity contribution >= 4 is 40.5 Å². The van der Waals surface area contributed by atoms with Gasteiger partial charge in [-0.2, -0.15) is 11.3 Å².